The lowest BCUT2D eigenvalue weighted by Crippen LogP contribution is -2.24. The quantitative estimate of drug-likeness (QED) is 0.631. The number of thioether (sulfide) groups is 1. The second-order valence-corrected chi connectivity index (χ2v) is 4.29. The molecule has 0 aliphatic carbocycles. The van der Waals surface area contributed by atoms with Gasteiger partial charge < -0.3 is 5.11 Å². The summed E-state index contributed by atoms with van der Waals surface area (Å²) in [5.41, 5.74) is 0. The van der Waals surface area contributed by atoms with Gasteiger partial charge in [0, 0.05) is 5.25 Å². The van der Waals surface area contributed by atoms with Crippen LogP contribution < -0.4 is 0 Å². The number of hydrogen-bond acceptors (Lipinski definition) is 2. The van der Waals surface area contributed by atoms with Gasteiger partial charge in [0.15, 0.2) is 0 Å². The van der Waals surface area contributed by atoms with Gasteiger partial charge in [-0.05, 0) is 11.7 Å². The van der Waals surface area contributed by atoms with Crippen LogP contribution >= 0.6 is 11.8 Å². The molecule has 1 aliphatic heterocycles. The highest BCUT2D eigenvalue weighted by molar-refractivity contribution is 8.00. The molecule has 0 aromatic rings. The van der Waals surface area contributed by atoms with Gasteiger partial charge >= 0.3 is 5.97 Å². The highest BCUT2D eigenvalue weighted by atomic mass is 32.2. The fraction of sp³-hybridized carbons (Fsp3) is 0.857. The average Bonchev–Trinajstić information content (AvgIpc) is 2.11. The van der Waals surface area contributed by atoms with Crippen LogP contribution in [-0.2, 0) is 4.79 Å². The zero-order valence-electron chi connectivity index (χ0n) is 6.20. The van der Waals surface area contributed by atoms with Gasteiger partial charge in [0.05, 0.1) is 5.92 Å². The summed E-state index contributed by atoms with van der Waals surface area (Å²) < 4.78 is 0. The predicted molar refractivity (Wildman–Crippen MR) is 42.2 cm³/mol. The Hall–Kier alpha value is -0.180. The molecule has 3 atom stereocenters. The zero-order chi connectivity index (χ0) is 7.72. The molecule has 1 heterocycles. The molecular formula is C7H12O2S. The Morgan fingerprint density at radius 3 is 2.40 bits per heavy atom. The first-order valence-corrected chi connectivity index (χ1v) is 4.52. The standard InChI is InChI=1S/C7H12O2S/c1-4-3-10-5(2)6(4)7(8)9/h4-6H,3H2,1-2H3,(H,8,9). The monoisotopic (exact) mass is 160 g/mol. The first kappa shape index (κ1) is 7.92. The van der Waals surface area contributed by atoms with E-state index in [9.17, 15) is 4.79 Å². The molecule has 0 amide bonds. The van der Waals surface area contributed by atoms with Gasteiger partial charge in [0.1, 0.15) is 0 Å². The summed E-state index contributed by atoms with van der Waals surface area (Å²) in [6.45, 7) is 4.00. The van der Waals surface area contributed by atoms with Gasteiger partial charge in [-0.3, -0.25) is 4.79 Å². The van der Waals surface area contributed by atoms with Crippen LogP contribution in [0, 0.1) is 11.8 Å². The Kier molecular flexibility index (Phi) is 2.24. The molecule has 58 valence electrons. The van der Waals surface area contributed by atoms with E-state index in [0.29, 0.717) is 11.2 Å². The molecule has 0 aromatic carbocycles. The highest BCUT2D eigenvalue weighted by Crippen LogP contribution is 2.36. The Bertz CT molecular complexity index is 137. The molecule has 2 nitrogen and oxygen atoms in total. The van der Waals surface area contributed by atoms with Crippen molar-refractivity contribution in [3.8, 4) is 0 Å². The van der Waals surface area contributed by atoms with Crippen LogP contribution in [0.5, 0.6) is 0 Å². The smallest absolute Gasteiger partial charge is 0.307 e. The second-order valence-electron chi connectivity index (χ2n) is 2.88. The van der Waals surface area contributed by atoms with Crippen molar-refractivity contribution in [2.45, 2.75) is 19.1 Å². The minimum Gasteiger partial charge on any atom is -0.481 e. The molecular weight excluding hydrogens is 148 g/mol. The third-order valence-corrected chi connectivity index (χ3v) is 3.56. The van der Waals surface area contributed by atoms with Crippen LogP contribution in [0.3, 0.4) is 0 Å². The number of hydrogen-bond donors (Lipinski definition) is 1. The van der Waals surface area contributed by atoms with Crippen LogP contribution in [0.15, 0.2) is 0 Å². The summed E-state index contributed by atoms with van der Waals surface area (Å²) in [5, 5.41) is 9.04. The lowest BCUT2D eigenvalue weighted by Gasteiger charge is -2.12. The molecule has 0 radical (unpaired) electrons. The fourth-order valence-corrected chi connectivity index (χ4v) is 2.82. The summed E-state index contributed by atoms with van der Waals surface area (Å²) >= 11 is 1.76. The maximum Gasteiger partial charge on any atom is 0.307 e. The molecule has 1 fully saturated rings. The van der Waals surface area contributed by atoms with Gasteiger partial charge in [-0.2, -0.15) is 11.8 Å². The number of carboxylic acid groups (broad SMARTS) is 1. The molecule has 0 spiro atoms. The van der Waals surface area contributed by atoms with Gasteiger partial charge in [-0.15, -0.1) is 0 Å². The molecule has 3 unspecified atom stereocenters. The van der Waals surface area contributed by atoms with E-state index < -0.39 is 5.97 Å². The van der Waals surface area contributed by atoms with Crippen molar-refractivity contribution in [3.63, 3.8) is 0 Å². The van der Waals surface area contributed by atoms with E-state index in [2.05, 4.69) is 0 Å². The average molecular weight is 160 g/mol. The van der Waals surface area contributed by atoms with Crippen molar-refractivity contribution in [2.75, 3.05) is 5.75 Å². The summed E-state index contributed by atoms with van der Waals surface area (Å²) in [5.74, 6) is 0.588. The van der Waals surface area contributed by atoms with Gasteiger partial charge in [0.25, 0.3) is 0 Å². The van der Waals surface area contributed by atoms with E-state index in [1.165, 1.54) is 0 Å². The zero-order valence-corrected chi connectivity index (χ0v) is 7.02. The lowest BCUT2D eigenvalue weighted by atomic mass is 9.94. The predicted octanol–water partition coefficient (Wildman–Crippen LogP) is 1.46. The second kappa shape index (κ2) is 2.82. The summed E-state index contributed by atoms with van der Waals surface area (Å²) in [7, 11) is 0. The van der Waals surface area contributed by atoms with Gasteiger partial charge in [0.2, 0.25) is 0 Å². The van der Waals surface area contributed by atoms with Crippen molar-refractivity contribution >= 4 is 17.7 Å². The van der Waals surface area contributed by atoms with E-state index in [-0.39, 0.29) is 5.92 Å². The molecule has 0 saturated carbocycles. The van der Waals surface area contributed by atoms with E-state index in [1.54, 1.807) is 11.8 Å². The first-order chi connectivity index (χ1) is 4.63. The van der Waals surface area contributed by atoms with Crippen LogP contribution in [0.4, 0.5) is 0 Å². The molecule has 1 saturated heterocycles. The molecule has 0 bridgehead atoms. The SMILES string of the molecule is CC1CSC(C)C1C(=O)O. The Labute approximate surface area is 65.0 Å². The van der Waals surface area contributed by atoms with Crippen molar-refractivity contribution in [3.05, 3.63) is 0 Å². The normalized spacial score (nSPS) is 40.0. The number of rotatable bonds is 1. The summed E-state index contributed by atoms with van der Waals surface area (Å²) in [4.78, 5) is 10.6. The number of aliphatic carboxylic acids is 1. The third-order valence-electron chi connectivity index (χ3n) is 2.03. The van der Waals surface area contributed by atoms with E-state index in [4.69, 9.17) is 5.11 Å². The van der Waals surface area contributed by atoms with Crippen LogP contribution in [0.2, 0.25) is 0 Å². The molecule has 0 aromatic heterocycles. The van der Waals surface area contributed by atoms with Crippen molar-refractivity contribution in [1.29, 1.82) is 0 Å². The van der Waals surface area contributed by atoms with E-state index in [1.807, 2.05) is 13.8 Å². The molecule has 10 heavy (non-hydrogen) atoms. The topological polar surface area (TPSA) is 37.3 Å². The third kappa shape index (κ3) is 1.29. The minimum atomic E-state index is -0.634. The first-order valence-electron chi connectivity index (χ1n) is 3.47. The Balaban J connectivity index is 2.63. The fourth-order valence-electron chi connectivity index (χ4n) is 1.42. The lowest BCUT2D eigenvalue weighted by molar-refractivity contribution is -0.142. The maximum atomic E-state index is 10.6. The van der Waals surface area contributed by atoms with Gasteiger partial charge in [-0.1, -0.05) is 13.8 Å². The minimum absolute atomic E-state index is 0.120. The van der Waals surface area contributed by atoms with Crippen molar-refractivity contribution < 1.29 is 9.90 Å². The Morgan fingerprint density at radius 1 is 1.60 bits per heavy atom. The number of carbonyl (C=O) groups is 1. The van der Waals surface area contributed by atoms with Gasteiger partial charge in [-0.25, -0.2) is 0 Å². The van der Waals surface area contributed by atoms with E-state index >= 15 is 0 Å². The largest absolute Gasteiger partial charge is 0.481 e. The van der Waals surface area contributed by atoms with Crippen molar-refractivity contribution in [2.24, 2.45) is 11.8 Å². The van der Waals surface area contributed by atoms with Crippen LogP contribution in [0.1, 0.15) is 13.8 Å². The number of carboxylic acids is 1. The van der Waals surface area contributed by atoms with Crippen LogP contribution in [-0.4, -0.2) is 22.1 Å². The molecule has 3 heteroatoms. The van der Waals surface area contributed by atoms with E-state index in [0.717, 1.165) is 5.75 Å². The summed E-state index contributed by atoms with van der Waals surface area (Å²) in [6.07, 6.45) is 0. The highest BCUT2D eigenvalue weighted by Gasteiger charge is 2.36. The molecule has 1 N–H and O–H groups in total. The molecule has 1 rings (SSSR count). The van der Waals surface area contributed by atoms with Crippen LogP contribution in [0.25, 0.3) is 0 Å². The maximum absolute atomic E-state index is 10.6. The van der Waals surface area contributed by atoms with Crippen molar-refractivity contribution in [1.82, 2.24) is 0 Å². The summed E-state index contributed by atoms with van der Waals surface area (Å²) in [6, 6.07) is 0. The Morgan fingerprint density at radius 2 is 2.20 bits per heavy atom. The molecule has 1 aliphatic rings.